The summed E-state index contributed by atoms with van der Waals surface area (Å²) in [5.74, 6) is 0.632. The van der Waals surface area contributed by atoms with Crippen molar-refractivity contribution in [3.05, 3.63) is 29.8 Å². The van der Waals surface area contributed by atoms with Crippen molar-refractivity contribution in [2.45, 2.75) is 39.3 Å². The lowest BCUT2D eigenvalue weighted by atomic mass is 10.0. The number of carbonyl (C=O) groups is 1. The van der Waals surface area contributed by atoms with Crippen LogP contribution in [0, 0.1) is 6.92 Å². The largest absolute Gasteiger partial charge is 0.481 e. The molecule has 0 spiro atoms. The molecule has 1 aliphatic rings. The summed E-state index contributed by atoms with van der Waals surface area (Å²) in [5, 5.41) is 3.01. The number of aryl methyl sites for hydroxylation is 1. The second-order valence-corrected chi connectivity index (χ2v) is 6.71. The van der Waals surface area contributed by atoms with Crippen molar-refractivity contribution >= 4 is 5.91 Å². The van der Waals surface area contributed by atoms with E-state index in [4.69, 9.17) is 9.47 Å². The molecular formula is C18H28N2O3. The summed E-state index contributed by atoms with van der Waals surface area (Å²) in [4.78, 5) is 14.6. The van der Waals surface area contributed by atoms with E-state index in [-0.39, 0.29) is 11.4 Å². The summed E-state index contributed by atoms with van der Waals surface area (Å²) in [6.07, 6.45) is -0.516. The highest BCUT2D eigenvalue weighted by atomic mass is 16.5. The van der Waals surface area contributed by atoms with Gasteiger partial charge in [-0.2, -0.15) is 0 Å². The third-order valence-corrected chi connectivity index (χ3v) is 4.23. The molecule has 1 atom stereocenters. The summed E-state index contributed by atoms with van der Waals surface area (Å²) >= 11 is 0. The molecule has 1 unspecified atom stereocenters. The molecule has 0 radical (unpaired) electrons. The van der Waals surface area contributed by atoms with Gasteiger partial charge in [0.15, 0.2) is 6.10 Å². The minimum Gasteiger partial charge on any atom is -0.481 e. The number of benzene rings is 1. The minimum absolute atomic E-state index is 0.0900. The van der Waals surface area contributed by atoms with E-state index >= 15 is 0 Å². The Balaban J connectivity index is 1.83. The van der Waals surface area contributed by atoms with E-state index in [1.807, 2.05) is 31.2 Å². The summed E-state index contributed by atoms with van der Waals surface area (Å²) in [7, 11) is 0. The molecule has 1 aliphatic heterocycles. The van der Waals surface area contributed by atoms with Crippen molar-refractivity contribution in [3.63, 3.8) is 0 Å². The molecule has 5 heteroatoms. The number of carbonyl (C=O) groups excluding carboxylic acids is 1. The first-order chi connectivity index (χ1) is 10.9. The van der Waals surface area contributed by atoms with Gasteiger partial charge in [0, 0.05) is 25.2 Å². The van der Waals surface area contributed by atoms with Crippen molar-refractivity contribution in [2.24, 2.45) is 0 Å². The molecule has 1 saturated heterocycles. The Morgan fingerprint density at radius 3 is 2.74 bits per heavy atom. The molecule has 1 fully saturated rings. The van der Waals surface area contributed by atoms with Gasteiger partial charge in [0.25, 0.3) is 5.91 Å². The predicted molar refractivity (Wildman–Crippen MR) is 90.7 cm³/mol. The Bertz CT molecular complexity index is 525. The summed E-state index contributed by atoms with van der Waals surface area (Å²) in [6, 6.07) is 7.73. The van der Waals surface area contributed by atoms with Crippen molar-refractivity contribution in [3.8, 4) is 5.75 Å². The Labute approximate surface area is 139 Å². The first-order valence-corrected chi connectivity index (χ1v) is 8.22. The van der Waals surface area contributed by atoms with Crippen LogP contribution < -0.4 is 10.1 Å². The quantitative estimate of drug-likeness (QED) is 0.871. The molecule has 1 heterocycles. The average molecular weight is 320 g/mol. The summed E-state index contributed by atoms with van der Waals surface area (Å²) in [5.41, 5.74) is 1.02. The van der Waals surface area contributed by atoms with Gasteiger partial charge in [0.2, 0.25) is 0 Å². The summed E-state index contributed by atoms with van der Waals surface area (Å²) < 4.78 is 11.1. The topological polar surface area (TPSA) is 50.8 Å². The zero-order valence-electron chi connectivity index (χ0n) is 14.6. The van der Waals surface area contributed by atoms with Gasteiger partial charge in [-0.3, -0.25) is 9.69 Å². The van der Waals surface area contributed by atoms with Gasteiger partial charge in [0.1, 0.15) is 5.75 Å². The van der Waals surface area contributed by atoms with Crippen molar-refractivity contribution in [1.82, 2.24) is 10.2 Å². The van der Waals surface area contributed by atoms with Gasteiger partial charge in [0.05, 0.1) is 13.2 Å². The zero-order chi connectivity index (χ0) is 16.9. The van der Waals surface area contributed by atoms with E-state index in [1.54, 1.807) is 6.92 Å². The average Bonchev–Trinajstić information content (AvgIpc) is 2.53. The molecule has 5 nitrogen and oxygen atoms in total. The smallest absolute Gasteiger partial charge is 0.260 e. The molecule has 0 bridgehead atoms. The van der Waals surface area contributed by atoms with Crippen LogP contribution in [0.2, 0.25) is 0 Å². The van der Waals surface area contributed by atoms with Crippen LogP contribution >= 0.6 is 0 Å². The lowest BCUT2D eigenvalue weighted by Gasteiger charge is -2.41. The number of nitrogens with one attached hydrogen (secondary N) is 1. The molecule has 1 amide bonds. The Hall–Kier alpha value is -1.59. The second kappa shape index (κ2) is 7.79. The van der Waals surface area contributed by atoms with Crippen LogP contribution in [0.15, 0.2) is 24.3 Å². The van der Waals surface area contributed by atoms with E-state index in [9.17, 15) is 4.79 Å². The molecule has 1 N–H and O–H groups in total. The van der Waals surface area contributed by atoms with Crippen LogP contribution in [0.5, 0.6) is 5.75 Å². The lowest BCUT2D eigenvalue weighted by molar-refractivity contribution is -0.128. The number of nitrogens with zero attached hydrogens (tertiary/aromatic N) is 1. The predicted octanol–water partition coefficient (Wildman–Crippen LogP) is 1.99. The van der Waals surface area contributed by atoms with E-state index in [0.717, 1.165) is 37.6 Å². The lowest BCUT2D eigenvalue weighted by Crippen LogP contribution is -2.56. The third-order valence-electron chi connectivity index (χ3n) is 4.23. The first-order valence-electron chi connectivity index (χ1n) is 8.22. The Morgan fingerprint density at radius 2 is 2.09 bits per heavy atom. The van der Waals surface area contributed by atoms with E-state index < -0.39 is 6.10 Å². The SMILES string of the molecule is Cc1cccc(OC(C)C(=O)NCC(C)(C)N2CCOCC2)c1. The molecule has 2 rings (SSSR count). The van der Waals surface area contributed by atoms with Gasteiger partial charge in [-0.05, 0) is 45.4 Å². The maximum absolute atomic E-state index is 12.3. The molecule has 1 aromatic carbocycles. The highest BCUT2D eigenvalue weighted by Crippen LogP contribution is 2.16. The van der Waals surface area contributed by atoms with Gasteiger partial charge in [-0.25, -0.2) is 0 Å². The Kier molecular flexibility index (Phi) is 6.02. The van der Waals surface area contributed by atoms with Crippen molar-refractivity contribution in [2.75, 3.05) is 32.8 Å². The van der Waals surface area contributed by atoms with Crippen LogP contribution in [0.4, 0.5) is 0 Å². The fraction of sp³-hybridized carbons (Fsp3) is 0.611. The van der Waals surface area contributed by atoms with Gasteiger partial charge in [-0.1, -0.05) is 12.1 Å². The molecule has 128 valence electrons. The molecule has 0 aliphatic carbocycles. The van der Waals surface area contributed by atoms with Gasteiger partial charge in [-0.15, -0.1) is 0 Å². The number of amides is 1. The highest BCUT2D eigenvalue weighted by molar-refractivity contribution is 5.80. The number of ether oxygens (including phenoxy) is 2. The number of rotatable bonds is 6. The van der Waals surface area contributed by atoms with Gasteiger partial charge < -0.3 is 14.8 Å². The monoisotopic (exact) mass is 320 g/mol. The van der Waals surface area contributed by atoms with Crippen LogP contribution in [0.1, 0.15) is 26.3 Å². The van der Waals surface area contributed by atoms with Crippen molar-refractivity contribution < 1.29 is 14.3 Å². The molecule has 1 aromatic rings. The minimum atomic E-state index is -0.516. The maximum Gasteiger partial charge on any atom is 0.260 e. The third kappa shape index (κ3) is 5.22. The van der Waals surface area contributed by atoms with E-state index in [2.05, 4.69) is 24.1 Å². The maximum atomic E-state index is 12.3. The molecule has 0 aromatic heterocycles. The van der Waals surface area contributed by atoms with Crippen LogP contribution in [0.25, 0.3) is 0 Å². The normalized spacial score (nSPS) is 17.6. The van der Waals surface area contributed by atoms with E-state index in [0.29, 0.717) is 6.54 Å². The number of morpholine rings is 1. The second-order valence-electron chi connectivity index (χ2n) is 6.71. The summed E-state index contributed by atoms with van der Waals surface area (Å²) in [6.45, 7) is 12.0. The molecule has 23 heavy (non-hydrogen) atoms. The van der Waals surface area contributed by atoms with Crippen LogP contribution in [-0.2, 0) is 9.53 Å². The Morgan fingerprint density at radius 1 is 1.39 bits per heavy atom. The molecular weight excluding hydrogens is 292 g/mol. The highest BCUT2D eigenvalue weighted by Gasteiger charge is 2.29. The zero-order valence-corrected chi connectivity index (χ0v) is 14.6. The fourth-order valence-corrected chi connectivity index (χ4v) is 2.67. The standard InChI is InChI=1S/C18H28N2O3/c1-14-6-5-7-16(12-14)23-15(2)17(21)19-13-18(3,4)20-8-10-22-11-9-20/h5-7,12,15H,8-11,13H2,1-4H3,(H,19,21). The molecule has 0 saturated carbocycles. The van der Waals surface area contributed by atoms with Crippen LogP contribution in [-0.4, -0.2) is 55.3 Å². The van der Waals surface area contributed by atoms with Crippen molar-refractivity contribution in [1.29, 1.82) is 0 Å². The number of hydrogen-bond acceptors (Lipinski definition) is 4. The van der Waals surface area contributed by atoms with E-state index in [1.165, 1.54) is 0 Å². The first kappa shape index (κ1) is 17.8. The number of hydrogen-bond donors (Lipinski definition) is 1. The van der Waals surface area contributed by atoms with Crippen LogP contribution in [0.3, 0.4) is 0 Å². The fourth-order valence-electron chi connectivity index (χ4n) is 2.67. The van der Waals surface area contributed by atoms with Gasteiger partial charge >= 0.3 is 0 Å².